The van der Waals surface area contributed by atoms with Gasteiger partial charge in [-0.15, -0.1) is 0 Å². The predicted molar refractivity (Wildman–Crippen MR) is 71.4 cm³/mol. The summed E-state index contributed by atoms with van der Waals surface area (Å²) < 4.78 is 39.3. The molecule has 1 N–H and O–H groups in total. The Bertz CT molecular complexity index is 588. The summed E-state index contributed by atoms with van der Waals surface area (Å²) in [6.45, 7) is 4.42. The van der Waals surface area contributed by atoms with Crippen molar-refractivity contribution in [1.82, 2.24) is 9.78 Å². The van der Waals surface area contributed by atoms with Crippen LogP contribution in [0.4, 0.5) is 18.9 Å². The number of alkyl halides is 3. The van der Waals surface area contributed by atoms with Crippen molar-refractivity contribution in [3.63, 3.8) is 0 Å². The topological polar surface area (TPSA) is 29.9 Å². The minimum absolute atomic E-state index is 0.307. The summed E-state index contributed by atoms with van der Waals surface area (Å²) in [6, 6.07) is 8.73. The second kappa shape index (κ2) is 5.56. The van der Waals surface area contributed by atoms with Crippen LogP contribution in [-0.4, -0.2) is 9.78 Å². The van der Waals surface area contributed by atoms with Crippen molar-refractivity contribution >= 4 is 5.69 Å². The summed E-state index contributed by atoms with van der Waals surface area (Å²) in [7, 11) is 0. The normalized spacial score (nSPS) is 11.7. The van der Waals surface area contributed by atoms with Gasteiger partial charge in [0.15, 0.2) is 5.69 Å². The minimum atomic E-state index is -4.40. The lowest BCUT2D eigenvalue weighted by Gasteiger charge is -2.10. The summed E-state index contributed by atoms with van der Waals surface area (Å²) in [4.78, 5) is 0. The Morgan fingerprint density at radius 2 is 1.95 bits per heavy atom. The third-order valence-electron chi connectivity index (χ3n) is 3.06. The molecule has 0 saturated heterocycles. The van der Waals surface area contributed by atoms with Crippen LogP contribution in [0.3, 0.4) is 0 Å². The first-order chi connectivity index (χ1) is 9.41. The van der Waals surface area contributed by atoms with E-state index in [-0.39, 0.29) is 0 Å². The van der Waals surface area contributed by atoms with Gasteiger partial charge in [0.05, 0.1) is 12.2 Å². The van der Waals surface area contributed by atoms with Crippen LogP contribution in [0.1, 0.15) is 23.9 Å². The Hall–Kier alpha value is -1.98. The average Bonchev–Trinajstić information content (AvgIpc) is 2.81. The molecule has 20 heavy (non-hydrogen) atoms. The molecule has 0 aliphatic heterocycles. The Balaban J connectivity index is 2.17. The SMILES string of the molecule is CCn1nc(C(F)(F)F)cc1CNc1ccccc1C. The van der Waals surface area contributed by atoms with Crippen LogP contribution in [0.2, 0.25) is 0 Å². The second-order valence-electron chi connectivity index (χ2n) is 4.50. The highest BCUT2D eigenvalue weighted by molar-refractivity contribution is 5.50. The standard InChI is InChI=1S/C14H16F3N3/c1-3-20-11(8-13(19-20)14(15,16)17)9-18-12-7-5-4-6-10(12)2/h4-8,18H,3,9H2,1-2H3. The monoisotopic (exact) mass is 283 g/mol. The van der Waals surface area contributed by atoms with Crippen LogP contribution < -0.4 is 5.32 Å². The Morgan fingerprint density at radius 1 is 1.25 bits per heavy atom. The van der Waals surface area contributed by atoms with Gasteiger partial charge in [-0.25, -0.2) is 0 Å². The van der Waals surface area contributed by atoms with Gasteiger partial charge in [0.25, 0.3) is 0 Å². The lowest BCUT2D eigenvalue weighted by molar-refractivity contribution is -0.141. The molecule has 2 rings (SSSR count). The molecule has 2 aromatic rings. The number of halogens is 3. The summed E-state index contributed by atoms with van der Waals surface area (Å²) in [5.41, 5.74) is 1.63. The fourth-order valence-corrected chi connectivity index (χ4v) is 1.97. The van der Waals surface area contributed by atoms with E-state index in [1.807, 2.05) is 31.2 Å². The summed E-state index contributed by atoms with van der Waals surface area (Å²) >= 11 is 0. The first kappa shape index (κ1) is 14.4. The molecule has 1 aromatic carbocycles. The van der Waals surface area contributed by atoms with Crippen LogP contribution in [0.15, 0.2) is 30.3 Å². The maximum atomic E-state index is 12.6. The molecule has 3 nitrogen and oxygen atoms in total. The van der Waals surface area contributed by atoms with Gasteiger partial charge in [-0.1, -0.05) is 18.2 Å². The second-order valence-corrected chi connectivity index (χ2v) is 4.50. The lowest BCUT2D eigenvalue weighted by atomic mass is 10.2. The van der Waals surface area contributed by atoms with E-state index >= 15 is 0 Å². The number of aryl methyl sites for hydroxylation is 2. The molecule has 0 bridgehead atoms. The fraction of sp³-hybridized carbons (Fsp3) is 0.357. The number of benzene rings is 1. The maximum absolute atomic E-state index is 12.6. The third-order valence-corrected chi connectivity index (χ3v) is 3.06. The van der Waals surface area contributed by atoms with Crippen LogP contribution >= 0.6 is 0 Å². The number of anilines is 1. The van der Waals surface area contributed by atoms with Gasteiger partial charge in [0, 0.05) is 12.2 Å². The zero-order valence-electron chi connectivity index (χ0n) is 11.3. The molecule has 1 aromatic heterocycles. The molecule has 0 aliphatic rings. The number of nitrogens with one attached hydrogen (secondary N) is 1. The average molecular weight is 283 g/mol. The fourth-order valence-electron chi connectivity index (χ4n) is 1.97. The van der Waals surface area contributed by atoms with Crippen LogP contribution in [0, 0.1) is 6.92 Å². The number of hydrogen-bond acceptors (Lipinski definition) is 2. The van der Waals surface area contributed by atoms with E-state index in [9.17, 15) is 13.2 Å². The van der Waals surface area contributed by atoms with Crippen molar-refractivity contribution in [3.05, 3.63) is 47.3 Å². The number of para-hydroxylation sites is 1. The van der Waals surface area contributed by atoms with Crippen molar-refractivity contribution < 1.29 is 13.2 Å². The van der Waals surface area contributed by atoms with Crippen molar-refractivity contribution in [2.45, 2.75) is 33.1 Å². The van der Waals surface area contributed by atoms with Crippen molar-refractivity contribution in [2.24, 2.45) is 0 Å². The molecule has 0 saturated carbocycles. The van der Waals surface area contributed by atoms with Gasteiger partial charge in [0.1, 0.15) is 0 Å². The van der Waals surface area contributed by atoms with Crippen molar-refractivity contribution in [2.75, 3.05) is 5.32 Å². The molecular weight excluding hydrogens is 267 g/mol. The molecule has 0 spiro atoms. The summed E-state index contributed by atoms with van der Waals surface area (Å²) in [5, 5.41) is 6.73. The van der Waals surface area contributed by atoms with Crippen LogP contribution in [0.25, 0.3) is 0 Å². The maximum Gasteiger partial charge on any atom is 0.435 e. The van der Waals surface area contributed by atoms with Gasteiger partial charge < -0.3 is 5.32 Å². The lowest BCUT2D eigenvalue weighted by Crippen LogP contribution is -2.09. The zero-order chi connectivity index (χ0) is 14.8. The highest BCUT2D eigenvalue weighted by Crippen LogP contribution is 2.28. The van der Waals surface area contributed by atoms with Gasteiger partial charge >= 0.3 is 6.18 Å². The van der Waals surface area contributed by atoms with Gasteiger partial charge in [0.2, 0.25) is 0 Å². The predicted octanol–water partition coefficient (Wildman–Crippen LogP) is 3.84. The van der Waals surface area contributed by atoms with E-state index in [1.54, 1.807) is 6.92 Å². The molecule has 0 amide bonds. The summed E-state index contributed by atoms with van der Waals surface area (Å²) in [5.74, 6) is 0. The minimum Gasteiger partial charge on any atom is -0.379 e. The summed E-state index contributed by atoms with van der Waals surface area (Å²) in [6.07, 6.45) is -4.40. The Kier molecular flexibility index (Phi) is 4.01. The molecule has 0 aliphatic carbocycles. The first-order valence-electron chi connectivity index (χ1n) is 6.35. The van der Waals surface area contributed by atoms with E-state index in [0.717, 1.165) is 17.3 Å². The molecule has 6 heteroatoms. The Labute approximate surface area is 115 Å². The molecule has 0 radical (unpaired) electrons. The zero-order valence-corrected chi connectivity index (χ0v) is 11.3. The highest BCUT2D eigenvalue weighted by atomic mass is 19.4. The van der Waals surface area contributed by atoms with E-state index in [4.69, 9.17) is 0 Å². The number of aromatic nitrogens is 2. The largest absolute Gasteiger partial charge is 0.435 e. The van der Waals surface area contributed by atoms with Gasteiger partial charge in [-0.05, 0) is 31.5 Å². The van der Waals surface area contributed by atoms with Crippen LogP contribution in [-0.2, 0) is 19.3 Å². The number of rotatable bonds is 4. The van der Waals surface area contributed by atoms with E-state index in [0.29, 0.717) is 18.8 Å². The quantitative estimate of drug-likeness (QED) is 0.923. The van der Waals surface area contributed by atoms with Gasteiger partial charge in [-0.2, -0.15) is 18.3 Å². The van der Waals surface area contributed by atoms with Gasteiger partial charge in [-0.3, -0.25) is 4.68 Å². The first-order valence-corrected chi connectivity index (χ1v) is 6.35. The van der Waals surface area contributed by atoms with E-state index < -0.39 is 11.9 Å². The van der Waals surface area contributed by atoms with E-state index in [2.05, 4.69) is 10.4 Å². The molecule has 1 heterocycles. The van der Waals surface area contributed by atoms with E-state index in [1.165, 1.54) is 4.68 Å². The van der Waals surface area contributed by atoms with Crippen molar-refractivity contribution in [1.29, 1.82) is 0 Å². The number of nitrogens with zero attached hydrogens (tertiary/aromatic N) is 2. The molecule has 0 atom stereocenters. The number of hydrogen-bond donors (Lipinski definition) is 1. The highest BCUT2D eigenvalue weighted by Gasteiger charge is 2.34. The molecule has 0 unspecified atom stereocenters. The molecule has 108 valence electrons. The van der Waals surface area contributed by atoms with Crippen molar-refractivity contribution in [3.8, 4) is 0 Å². The molecule has 0 fully saturated rings. The smallest absolute Gasteiger partial charge is 0.379 e. The molecular formula is C14H16F3N3. The Morgan fingerprint density at radius 3 is 2.55 bits per heavy atom. The third kappa shape index (κ3) is 3.12. The van der Waals surface area contributed by atoms with Crippen LogP contribution in [0.5, 0.6) is 0 Å².